The summed E-state index contributed by atoms with van der Waals surface area (Å²) in [5.41, 5.74) is -3.59. The highest BCUT2D eigenvalue weighted by Gasteiger charge is 2.79. The van der Waals surface area contributed by atoms with Gasteiger partial charge in [-0.3, -0.25) is 24.6 Å². The second-order valence-electron chi connectivity index (χ2n) is 13.9. The van der Waals surface area contributed by atoms with Crippen LogP contribution in [0.1, 0.15) is 47.8 Å². The number of nitrogens with zero attached hydrogens (tertiary/aromatic N) is 1. The molecule has 0 radical (unpaired) electrons. The first kappa shape index (κ1) is 33.1. The van der Waals surface area contributed by atoms with Gasteiger partial charge in [-0.15, -0.1) is 0 Å². The van der Waals surface area contributed by atoms with Crippen LogP contribution < -0.4 is 34.5 Å². The van der Waals surface area contributed by atoms with Gasteiger partial charge in [-0.1, -0.05) is 48.0 Å². The third kappa shape index (κ3) is 5.16. The average molecular weight is 678 g/mol. The van der Waals surface area contributed by atoms with Gasteiger partial charge in [0, 0.05) is 17.8 Å². The van der Waals surface area contributed by atoms with Gasteiger partial charge in [-0.25, -0.2) is 0 Å². The summed E-state index contributed by atoms with van der Waals surface area (Å²) in [6.07, 6.45) is -1.41. The number of hydrogen-bond donors (Lipinski definition) is 3. The number of rotatable bonds is 7. The molecule has 50 heavy (non-hydrogen) atoms. The van der Waals surface area contributed by atoms with E-state index in [0.29, 0.717) is 22.9 Å². The van der Waals surface area contributed by atoms with Crippen molar-refractivity contribution in [3.05, 3.63) is 113 Å². The van der Waals surface area contributed by atoms with Crippen molar-refractivity contribution in [1.82, 2.24) is 10.6 Å². The normalized spacial score (nSPS) is 23.8. The Hall–Kier alpha value is -5.39. The molecule has 0 saturated carbocycles. The van der Waals surface area contributed by atoms with Crippen molar-refractivity contribution in [2.45, 2.75) is 57.6 Å². The van der Waals surface area contributed by atoms with E-state index in [1.54, 1.807) is 78.9 Å². The fraction of sp³-hybridized carbons (Fsp3) is 0.308. The molecule has 4 aromatic rings. The number of nitrogens with one attached hydrogen (secondary N) is 2. The first-order valence-electron chi connectivity index (χ1n) is 16.4. The predicted molar refractivity (Wildman–Crippen MR) is 184 cm³/mol. The SMILES string of the molecule is COc1ccc([C@@]2(O)C(=O)N(c3ccccc3)[C@H](C(=O)NC(C)(C)C)[C@@]23C(=O)c2cc(C)ccc2O[C@@H]3NCc2ccc3c(c2)OCO3)cc1. The van der Waals surface area contributed by atoms with Crippen LogP contribution >= 0.6 is 0 Å². The number of fused-ring (bicyclic) bond motifs is 2. The van der Waals surface area contributed by atoms with Crippen molar-refractivity contribution in [2.75, 3.05) is 18.8 Å². The van der Waals surface area contributed by atoms with Crippen molar-refractivity contribution in [1.29, 1.82) is 0 Å². The number of aliphatic hydroxyl groups is 1. The topological polar surface area (TPSA) is 136 Å². The minimum Gasteiger partial charge on any atom is -0.497 e. The number of hydrogen-bond acceptors (Lipinski definition) is 9. The standard InChI is InChI=1S/C39H39N3O8/c1-23-11-17-29-28(19-23)33(43)38(35(50-29)40-21-24-12-18-30-31(20-24)49-22-48-30)32(34(44)41-37(2,3)4)42(26-9-7-6-8-10-26)36(45)39(38,46)25-13-15-27(47-5)16-14-25/h6-20,32,35,40,46H,21-22H2,1-5H3,(H,41,44)/t32-,35+,38+,39-/m1/s1. The maximum Gasteiger partial charge on any atom is 0.265 e. The molecule has 4 aromatic carbocycles. The largest absolute Gasteiger partial charge is 0.497 e. The molecular formula is C39H39N3O8. The van der Waals surface area contributed by atoms with Crippen molar-refractivity contribution < 1.29 is 38.4 Å². The van der Waals surface area contributed by atoms with Crippen molar-refractivity contribution in [3.63, 3.8) is 0 Å². The summed E-state index contributed by atoms with van der Waals surface area (Å²) in [5.74, 6) is -0.219. The molecule has 7 rings (SSSR count). The van der Waals surface area contributed by atoms with E-state index in [1.807, 2.05) is 39.8 Å². The number of para-hydroxylation sites is 1. The van der Waals surface area contributed by atoms with Crippen LogP contribution in [0.3, 0.4) is 0 Å². The van der Waals surface area contributed by atoms with Gasteiger partial charge in [-0.05, 0) is 87.4 Å². The van der Waals surface area contributed by atoms with E-state index >= 15 is 9.59 Å². The maximum absolute atomic E-state index is 15.6. The molecule has 0 bridgehead atoms. The van der Waals surface area contributed by atoms with E-state index in [-0.39, 0.29) is 30.2 Å². The van der Waals surface area contributed by atoms with Gasteiger partial charge in [-0.2, -0.15) is 0 Å². The first-order valence-corrected chi connectivity index (χ1v) is 16.4. The Bertz CT molecular complexity index is 1980. The molecule has 1 spiro atoms. The van der Waals surface area contributed by atoms with Gasteiger partial charge >= 0.3 is 0 Å². The lowest BCUT2D eigenvalue weighted by Crippen LogP contribution is -2.71. The summed E-state index contributed by atoms with van der Waals surface area (Å²) in [7, 11) is 1.50. The molecule has 4 atom stereocenters. The van der Waals surface area contributed by atoms with Gasteiger partial charge in [0.05, 0.1) is 12.7 Å². The summed E-state index contributed by atoms with van der Waals surface area (Å²) in [6, 6.07) is 23.9. The second-order valence-corrected chi connectivity index (χ2v) is 13.9. The maximum atomic E-state index is 15.6. The van der Waals surface area contributed by atoms with Crippen molar-refractivity contribution in [2.24, 2.45) is 5.41 Å². The zero-order valence-corrected chi connectivity index (χ0v) is 28.5. The number of Topliss-reactive ketones (excluding diaryl/α,β-unsaturated/α-hetero) is 1. The Balaban J connectivity index is 1.50. The highest BCUT2D eigenvalue weighted by molar-refractivity contribution is 6.20. The number of ketones is 1. The molecule has 3 heterocycles. The fourth-order valence-corrected chi connectivity index (χ4v) is 7.25. The number of carbonyl (C=O) groups is 3. The van der Waals surface area contributed by atoms with E-state index in [4.69, 9.17) is 18.9 Å². The Kier molecular flexibility index (Phi) is 8.07. The number of ether oxygens (including phenoxy) is 4. The van der Waals surface area contributed by atoms with Crippen molar-refractivity contribution >= 4 is 23.3 Å². The molecule has 0 aromatic heterocycles. The Morgan fingerprint density at radius 3 is 2.34 bits per heavy atom. The van der Waals surface area contributed by atoms with Crippen LogP contribution in [0.25, 0.3) is 0 Å². The molecular weight excluding hydrogens is 638 g/mol. The zero-order chi connectivity index (χ0) is 35.4. The summed E-state index contributed by atoms with van der Waals surface area (Å²) < 4.78 is 23.1. The molecule has 1 fully saturated rings. The minimum absolute atomic E-state index is 0.0956. The molecule has 3 N–H and O–H groups in total. The number of carbonyl (C=O) groups excluding carboxylic acids is 3. The molecule has 1 saturated heterocycles. The average Bonchev–Trinajstić information content (AvgIpc) is 3.65. The molecule has 3 aliphatic heterocycles. The number of anilines is 1. The Morgan fingerprint density at radius 2 is 1.64 bits per heavy atom. The number of benzene rings is 4. The number of aryl methyl sites for hydroxylation is 1. The molecule has 0 aliphatic carbocycles. The van der Waals surface area contributed by atoms with Gasteiger partial charge in [0.25, 0.3) is 5.91 Å². The van der Waals surface area contributed by atoms with Crippen molar-refractivity contribution in [3.8, 4) is 23.0 Å². The van der Waals surface area contributed by atoms with Gasteiger partial charge in [0.2, 0.25) is 12.7 Å². The lowest BCUT2D eigenvalue weighted by molar-refractivity contribution is -0.156. The predicted octanol–water partition coefficient (Wildman–Crippen LogP) is 4.63. The number of amides is 2. The van der Waals surface area contributed by atoms with Crippen LogP contribution in [0.5, 0.6) is 23.0 Å². The highest BCUT2D eigenvalue weighted by atomic mass is 16.7. The lowest BCUT2D eigenvalue weighted by atomic mass is 9.60. The Labute approximate surface area is 290 Å². The smallest absolute Gasteiger partial charge is 0.265 e. The Morgan fingerprint density at radius 1 is 0.940 bits per heavy atom. The van der Waals surface area contributed by atoms with Gasteiger partial charge < -0.3 is 29.4 Å². The molecule has 3 aliphatic rings. The van der Waals surface area contributed by atoms with Gasteiger partial charge in [0.1, 0.15) is 17.5 Å². The lowest BCUT2D eigenvalue weighted by Gasteiger charge is -2.49. The van der Waals surface area contributed by atoms with Crippen LogP contribution in [0.2, 0.25) is 0 Å². The zero-order valence-electron chi connectivity index (χ0n) is 28.5. The van der Waals surface area contributed by atoms with Crippen LogP contribution in [0, 0.1) is 12.3 Å². The summed E-state index contributed by atoms with van der Waals surface area (Å²) >= 11 is 0. The quantitative estimate of drug-likeness (QED) is 0.256. The molecule has 11 heteroatoms. The monoisotopic (exact) mass is 677 g/mol. The molecule has 2 amide bonds. The third-order valence-corrected chi connectivity index (χ3v) is 9.45. The summed E-state index contributed by atoms with van der Waals surface area (Å²) in [6.45, 7) is 7.48. The van der Waals surface area contributed by atoms with Crippen LogP contribution in [0.15, 0.2) is 91.0 Å². The fourth-order valence-electron chi connectivity index (χ4n) is 7.25. The first-order chi connectivity index (χ1) is 23.9. The second kappa shape index (κ2) is 12.2. The van der Waals surface area contributed by atoms with Gasteiger partial charge in [0.15, 0.2) is 34.5 Å². The summed E-state index contributed by atoms with van der Waals surface area (Å²) in [4.78, 5) is 46.9. The van der Waals surface area contributed by atoms with E-state index < -0.39 is 46.4 Å². The highest BCUT2D eigenvalue weighted by Crippen LogP contribution is 2.59. The molecule has 258 valence electrons. The van der Waals surface area contributed by atoms with E-state index in [9.17, 15) is 9.90 Å². The number of methoxy groups -OCH3 is 1. The van der Waals surface area contributed by atoms with Crippen LogP contribution in [-0.2, 0) is 21.7 Å². The van der Waals surface area contributed by atoms with Crippen LogP contribution in [-0.4, -0.2) is 54.4 Å². The molecule has 0 unspecified atom stereocenters. The third-order valence-electron chi connectivity index (χ3n) is 9.45. The van der Waals surface area contributed by atoms with E-state index in [2.05, 4.69) is 10.6 Å². The summed E-state index contributed by atoms with van der Waals surface area (Å²) in [5, 5.41) is 19.8. The minimum atomic E-state index is -2.62. The van der Waals surface area contributed by atoms with E-state index in [0.717, 1.165) is 11.1 Å². The van der Waals surface area contributed by atoms with Crippen LogP contribution in [0.4, 0.5) is 5.69 Å². The van der Waals surface area contributed by atoms with E-state index in [1.165, 1.54) is 12.0 Å². The molecule has 11 nitrogen and oxygen atoms in total.